The van der Waals surface area contributed by atoms with Gasteiger partial charge in [0, 0.05) is 25.5 Å². The van der Waals surface area contributed by atoms with Gasteiger partial charge >= 0.3 is 0 Å². The summed E-state index contributed by atoms with van der Waals surface area (Å²) in [5.74, 6) is 0. The molecule has 0 aromatic heterocycles. The molecule has 2 N–H and O–H groups in total. The van der Waals surface area contributed by atoms with Crippen molar-refractivity contribution in [3.63, 3.8) is 0 Å². The van der Waals surface area contributed by atoms with Gasteiger partial charge < -0.3 is 10.6 Å². The molecule has 2 nitrogen and oxygen atoms in total. The van der Waals surface area contributed by atoms with E-state index in [9.17, 15) is 0 Å². The molecule has 0 saturated carbocycles. The van der Waals surface area contributed by atoms with Crippen LogP contribution in [0.25, 0.3) is 0 Å². The molecule has 0 bridgehead atoms. The van der Waals surface area contributed by atoms with Gasteiger partial charge in [-0.25, -0.2) is 0 Å². The number of rotatable bonds is 4. The fourth-order valence-electron chi connectivity index (χ4n) is 3.67. The second kappa shape index (κ2) is 6.66. The first-order chi connectivity index (χ1) is 10.8. The molecule has 2 rings (SSSR count). The third-order valence-electron chi connectivity index (χ3n) is 5.29. The van der Waals surface area contributed by atoms with Crippen LogP contribution in [0.3, 0.4) is 0 Å². The van der Waals surface area contributed by atoms with E-state index in [1.54, 1.807) is 0 Å². The lowest BCUT2D eigenvalue weighted by Crippen LogP contribution is -2.05. The topological polar surface area (TPSA) is 24.1 Å². The maximum Gasteiger partial charge on any atom is 0.0399 e. The van der Waals surface area contributed by atoms with E-state index in [4.69, 9.17) is 0 Å². The average molecular weight is 310 g/mol. The van der Waals surface area contributed by atoms with Gasteiger partial charge in [-0.15, -0.1) is 0 Å². The predicted octanol–water partition coefficient (Wildman–Crippen LogP) is 5.21. The monoisotopic (exact) mass is 310 g/mol. The van der Waals surface area contributed by atoms with Crippen molar-refractivity contribution in [2.45, 2.75) is 48.0 Å². The third-order valence-corrected chi connectivity index (χ3v) is 5.29. The minimum absolute atomic E-state index is 0.995. The summed E-state index contributed by atoms with van der Waals surface area (Å²) >= 11 is 0. The van der Waals surface area contributed by atoms with E-state index in [0.29, 0.717) is 0 Å². The summed E-state index contributed by atoms with van der Waals surface area (Å²) < 4.78 is 0. The molecule has 0 atom stereocenters. The van der Waals surface area contributed by atoms with E-state index in [1.807, 2.05) is 14.1 Å². The van der Waals surface area contributed by atoms with Crippen LogP contribution in [0.1, 0.15) is 44.5 Å². The van der Waals surface area contributed by atoms with Gasteiger partial charge in [0.15, 0.2) is 0 Å². The van der Waals surface area contributed by atoms with Crippen molar-refractivity contribution in [1.29, 1.82) is 0 Å². The lowest BCUT2D eigenvalue weighted by Gasteiger charge is -2.20. The van der Waals surface area contributed by atoms with Crippen molar-refractivity contribution >= 4 is 11.4 Å². The third kappa shape index (κ3) is 3.08. The molecule has 2 aromatic rings. The maximum absolute atomic E-state index is 3.33. The van der Waals surface area contributed by atoms with Crippen molar-refractivity contribution < 1.29 is 0 Å². The second-order valence-corrected chi connectivity index (χ2v) is 6.63. The number of anilines is 2. The lowest BCUT2D eigenvalue weighted by molar-refractivity contribution is 1.08. The van der Waals surface area contributed by atoms with Gasteiger partial charge in [-0.3, -0.25) is 0 Å². The van der Waals surface area contributed by atoms with Gasteiger partial charge in [-0.2, -0.15) is 0 Å². The lowest BCUT2D eigenvalue weighted by atomic mass is 9.89. The molecule has 124 valence electrons. The highest BCUT2D eigenvalue weighted by Crippen LogP contribution is 2.31. The molecule has 0 aliphatic heterocycles. The Hall–Kier alpha value is -1.96. The average Bonchev–Trinajstić information content (AvgIpc) is 2.50. The van der Waals surface area contributed by atoms with Crippen LogP contribution in [0.4, 0.5) is 11.4 Å². The standard InChI is InChI=1S/C21H30N2/c1-12-9-18(14(3)16(5)20(12)22-7)11-19-10-13(2)21(23-8)17(6)15(19)4/h9-10,22-23H,11H2,1-8H3. The van der Waals surface area contributed by atoms with Crippen molar-refractivity contribution in [1.82, 2.24) is 0 Å². The minimum atomic E-state index is 0.995. The van der Waals surface area contributed by atoms with Crippen LogP contribution in [0.2, 0.25) is 0 Å². The Balaban J connectivity index is 2.53. The van der Waals surface area contributed by atoms with E-state index in [1.165, 1.54) is 55.9 Å². The van der Waals surface area contributed by atoms with E-state index in [2.05, 4.69) is 64.3 Å². The van der Waals surface area contributed by atoms with Crippen molar-refractivity contribution in [3.8, 4) is 0 Å². The van der Waals surface area contributed by atoms with Gasteiger partial charge in [0.25, 0.3) is 0 Å². The molecule has 23 heavy (non-hydrogen) atoms. The molecule has 2 heteroatoms. The Morgan fingerprint density at radius 3 is 1.26 bits per heavy atom. The Morgan fingerprint density at radius 2 is 0.957 bits per heavy atom. The number of benzene rings is 2. The molecule has 0 amide bonds. The van der Waals surface area contributed by atoms with Gasteiger partial charge in [0.2, 0.25) is 0 Å². The fourth-order valence-corrected chi connectivity index (χ4v) is 3.67. The molecule has 0 unspecified atom stereocenters. The summed E-state index contributed by atoms with van der Waals surface area (Å²) in [7, 11) is 4.00. The summed E-state index contributed by atoms with van der Waals surface area (Å²) in [6, 6.07) is 4.68. The molecule has 2 aromatic carbocycles. The first kappa shape index (κ1) is 17.4. The molecule has 0 fully saturated rings. The van der Waals surface area contributed by atoms with Gasteiger partial charge in [-0.1, -0.05) is 12.1 Å². The summed E-state index contributed by atoms with van der Waals surface area (Å²) in [5, 5.41) is 6.66. The van der Waals surface area contributed by atoms with E-state index in [0.717, 1.165) is 6.42 Å². The molecule has 0 aliphatic carbocycles. The zero-order chi connectivity index (χ0) is 17.3. The Kier molecular flexibility index (Phi) is 5.03. The number of hydrogen-bond acceptors (Lipinski definition) is 2. The zero-order valence-corrected chi connectivity index (χ0v) is 15.9. The molecule has 0 spiro atoms. The quantitative estimate of drug-likeness (QED) is 0.810. The van der Waals surface area contributed by atoms with Crippen LogP contribution in [0.15, 0.2) is 12.1 Å². The summed E-state index contributed by atoms with van der Waals surface area (Å²) in [5.41, 5.74) is 13.5. The first-order valence-corrected chi connectivity index (χ1v) is 8.36. The van der Waals surface area contributed by atoms with Crippen LogP contribution >= 0.6 is 0 Å². The van der Waals surface area contributed by atoms with Crippen LogP contribution in [-0.2, 0) is 6.42 Å². The molecular weight excluding hydrogens is 280 g/mol. The normalized spacial score (nSPS) is 10.8. The summed E-state index contributed by atoms with van der Waals surface area (Å²) in [6.45, 7) is 13.3. The highest BCUT2D eigenvalue weighted by Gasteiger charge is 2.13. The molecular formula is C21H30N2. The molecule has 0 heterocycles. The molecule has 0 saturated heterocycles. The van der Waals surface area contributed by atoms with Crippen molar-refractivity contribution in [2.24, 2.45) is 0 Å². The van der Waals surface area contributed by atoms with Gasteiger partial charge in [-0.05, 0) is 92.5 Å². The second-order valence-electron chi connectivity index (χ2n) is 6.63. The van der Waals surface area contributed by atoms with Crippen LogP contribution in [0.5, 0.6) is 0 Å². The van der Waals surface area contributed by atoms with Crippen molar-refractivity contribution in [2.75, 3.05) is 24.7 Å². The van der Waals surface area contributed by atoms with Crippen LogP contribution < -0.4 is 10.6 Å². The SMILES string of the molecule is CNc1c(C)cc(Cc2cc(C)c(NC)c(C)c2C)c(C)c1C. The predicted molar refractivity (Wildman–Crippen MR) is 103 cm³/mol. The Bertz CT molecular complexity index is 679. The number of aryl methyl sites for hydroxylation is 2. The number of nitrogens with one attached hydrogen (secondary N) is 2. The largest absolute Gasteiger partial charge is 0.388 e. The highest BCUT2D eigenvalue weighted by molar-refractivity contribution is 5.64. The van der Waals surface area contributed by atoms with E-state index >= 15 is 0 Å². The van der Waals surface area contributed by atoms with Gasteiger partial charge in [0.1, 0.15) is 0 Å². The van der Waals surface area contributed by atoms with Gasteiger partial charge in [0.05, 0.1) is 0 Å². The smallest absolute Gasteiger partial charge is 0.0399 e. The maximum atomic E-state index is 3.33. The minimum Gasteiger partial charge on any atom is -0.388 e. The fraction of sp³-hybridized carbons (Fsp3) is 0.429. The van der Waals surface area contributed by atoms with Crippen LogP contribution in [-0.4, -0.2) is 14.1 Å². The highest BCUT2D eigenvalue weighted by atomic mass is 14.8. The van der Waals surface area contributed by atoms with Crippen LogP contribution in [0, 0.1) is 41.5 Å². The molecule has 0 aliphatic rings. The first-order valence-electron chi connectivity index (χ1n) is 8.36. The van der Waals surface area contributed by atoms with Crippen molar-refractivity contribution in [3.05, 3.63) is 56.6 Å². The number of hydrogen-bond donors (Lipinski definition) is 2. The Morgan fingerprint density at radius 1 is 0.609 bits per heavy atom. The zero-order valence-electron chi connectivity index (χ0n) is 15.9. The summed E-state index contributed by atoms with van der Waals surface area (Å²) in [4.78, 5) is 0. The van der Waals surface area contributed by atoms with E-state index in [-0.39, 0.29) is 0 Å². The molecule has 0 radical (unpaired) electrons. The Labute approximate surface area is 141 Å². The summed E-state index contributed by atoms with van der Waals surface area (Å²) in [6.07, 6.45) is 0.995. The van der Waals surface area contributed by atoms with E-state index < -0.39 is 0 Å².